The normalized spacial score (nSPS) is 41.2. The summed E-state index contributed by atoms with van der Waals surface area (Å²) in [5.41, 5.74) is 8.40. The van der Waals surface area contributed by atoms with Crippen molar-refractivity contribution in [3.63, 3.8) is 0 Å². The number of benzene rings is 1. The molecule has 4 unspecified atom stereocenters. The second kappa shape index (κ2) is 11.0. The van der Waals surface area contributed by atoms with Crippen LogP contribution in [0.5, 0.6) is 0 Å². The number of allylic oxidation sites excluding steroid dienone is 3. The molecule has 6 heteroatoms. The minimum absolute atomic E-state index is 0.0452. The van der Waals surface area contributed by atoms with Gasteiger partial charge in [0.25, 0.3) is 0 Å². The molecule has 0 bridgehead atoms. The van der Waals surface area contributed by atoms with Crippen LogP contribution in [0.1, 0.15) is 158 Å². The second-order valence-electron chi connectivity index (χ2n) is 19.7. The van der Waals surface area contributed by atoms with Crippen LogP contribution in [0.15, 0.2) is 29.9 Å². The van der Waals surface area contributed by atoms with Crippen molar-refractivity contribution in [1.29, 1.82) is 0 Å². The molecule has 2 saturated carbocycles. The number of Topliss-reactive ketones (excluding diaryl/α,β-unsaturated/α-hetero) is 1. The van der Waals surface area contributed by atoms with Gasteiger partial charge >= 0.3 is 0 Å². The van der Waals surface area contributed by atoms with Crippen LogP contribution in [0, 0.1) is 45.8 Å². The Labute approximate surface area is 305 Å². The maximum absolute atomic E-state index is 14.9. The molecule has 276 valence electrons. The topological polar surface area (TPSA) is 95.9 Å². The van der Waals surface area contributed by atoms with Crippen molar-refractivity contribution >= 4 is 22.8 Å². The van der Waals surface area contributed by atoms with Crippen LogP contribution >= 0.6 is 0 Å². The van der Waals surface area contributed by atoms with Crippen molar-refractivity contribution in [3.05, 3.63) is 57.7 Å². The fraction of sp³-hybridized carbons (Fsp3) is 0.689. The summed E-state index contributed by atoms with van der Waals surface area (Å²) in [5, 5.41) is 26.8. The van der Waals surface area contributed by atoms with Crippen LogP contribution in [-0.2, 0) is 9.53 Å². The van der Waals surface area contributed by atoms with Gasteiger partial charge < -0.3 is 20.3 Å². The fourth-order valence-corrected chi connectivity index (χ4v) is 14.0. The van der Waals surface area contributed by atoms with Crippen LogP contribution in [-0.4, -0.2) is 46.3 Å². The number of hydrogen-bond donors (Lipinski definition) is 3. The second-order valence-corrected chi connectivity index (χ2v) is 19.7. The summed E-state index contributed by atoms with van der Waals surface area (Å²) in [6, 6.07) is 2.37. The van der Waals surface area contributed by atoms with Gasteiger partial charge in [-0.2, -0.15) is 0 Å². The van der Waals surface area contributed by atoms with E-state index in [0.717, 1.165) is 84.8 Å². The third-order valence-electron chi connectivity index (χ3n) is 16.2. The molecular weight excluding hydrogens is 634 g/mol. The first-order chi connectivity index (χ1) is 23.7. The first-order valence-electron chi connectivity index (χ1n) is 19.9. The van der Waals surface area contributed by atoms with Crippen molar-refractivity contribution in [1.82, 2.24) is 5.32 Å². The third-order valence-corrected chi connectivity index (χ3v) is 16.2. The Morgan fingerprint density at radius 3 is 2.43 bits per heavy atom. The molecule has 1 aromatic rings. The number of carbonyl (C=O) groups excluding carboxylic acids is 2. The quantitative estimate of drug-likeness (QED) is 0.259. The molecule has 0 radical (unpaired) electrons. The molecule has 0 spiro atoms. The lowest BCUT2D eigenvalue weighted by molar-refractivity contribution is -0.181. The Morgan fingerprint density at radius 1 is 1.06 bits per heavy atom. The SMILES string of the molecule is C=C(C)[C@H]1C(=O)c2c3c(cc4c2[C@@H](O)C2C4=CC(C)(C)OC2(C)C)C2=C(C31)[C@@]1(C)C(CC[C@H]3[C@](C)(CCCC(C)C(=O)NC)[C@@H](O)CC[C@@]31C)C2. The lowest BCUT2D eigenvalue weighted by Crippen LogP contribution is -2.61. The maximum atomic E-state index is 14.9. The van der Waals surface area contributed by atoms with Crippen molar-refractivity contribution < 1.29 is 24.5 Å². The van der Waals surface area contributed by atoms with Crippen LogP contribution < -0.4 is 5.32 Å². The lowest BCUT2D eigenvalue weighted by Gasteiger charge is -2.66. The van der Waals surface area contributed by atoms with Gasteiger partial charge in [-0.25, -0.2) is 0 Å². The van der Waals surface area contributed by atoms with Crippen LogP contribution in [0.3, 0.4) is 0 Å². The average Bonchev–Trinajstić information content (AvgIpc) is 3.71. The van der Waals surface area contributed by atoms with E-state index in [0.29, 0.717) is 11.8 Å². The van der Waals surface area contributed by atoms with Gasteiger partial charge in [0.1, 0.15) is 0 Å². The third kappa shape index (κ3) is 4.39. The van der Waals surface area contributed by atoms with Gasteiger partial charge in [0.05, 0.1) is 29.3 Å². The number of carbonyl (C=O) groups is 2. The summed E-state index contributed by atoms with van der Waals surface area (Å²) in [5.74, 6) is 0.331. The highest BCUT2D eigenvalue weighted by molar-refractivity contribution is 6.12. The predicted molar refractivity (Wildman–Crippen MR) is 202 cm³/mol. The molecule has 51 heavy (non-hydrogen) atoms. The zero-order chi connectivity index (χ0) is 37.0. The van der Waals surface area contributed by atoms with Gasteiger partial charge in [0, 0.05) is 30.4 Å². The van der Waals surface area contributed by atoms with Gasteiger partial charge in [0.15, 0.2) is 5.78 Å². The highest BCUT2D eigenvalue weighted by atomic mass is 16.5. The van der Waals surface area contributed by atoms with Crippen LogP contribution in [0.2, 0.25) is 0 Å². The Bertz CT molecular complexity index is 1830. The van der Waals surface area contributed by atoms with E-state index >= 15 is 0 Å². The summed E-state index contributed by atoms with van der Waals surface area (Å²) < 4.78 is 6.55. The summed E-state index contributed by atoms with van der Waals surface area (Å²) in [6.07, 6.45) is 8.59. The number of nitrogens with one attached hydrogen (secondary N) is 1. The number of ether oxygens (including phenoxy) is 1. The van der Waals surface area contributed by atoms with Gasteiger partial charge in [-0.3, -0.25) is 9.59 Å². The number of aliphatic hydroxyl groups is 2. The first kappa shape index (κ1) is 35.5. The molecule has 8 rings (SSSR count). The molecule has 1 heterocycles. The molecular formula is C45H61NO5. The monoisotopic (exact) mass is 695 g/mol. The molecule has 0 aromatic heterocycles. The molecule has 11 atom stereocenters. The molecule has 0 saturated heterocycles. The molecule has 1 amide bonds. The van der Waals surface area contributed by atoms with E-state index in [9.17, 15) is 19.8 Å². The minimum Gasteiger partial charge on any atom is -0.393 e. The minimum atomic E-state index is -0.812. The van der Waals surface area contributed by atoms with Gasteiger partial charge in [-0.05, 0) is 153 Å². The molecule has 1 aromatic carbocycles. The van der Waals surface area contributed by atoms with E-state index in [1.165, 1.54) is 16.7 Å². The van der Waals surface area contributed by atoms with Crippen LogP contribution in [0.4, 0.5) is 0 Å². The molecule has 3 N–H and O–H groups in total. The Kier molecular flexibility index (Phi) is 7.66. The first-order valence-corrected chi connectivity index (χ1v) is 19.9. The van der Waals surface area contributed by atoms with Crippen molar-refractivity contribution in [2.45, 2.75) is 143 Å². The predicted octanol–water partition coefficient (Wildman–Crippen LogP) is 8.72. The van der Waals surface area contributed by atoms with Gasteiger partial charge in [-0.15, -0.1) is 0 Å². The standard InChI is InChI=1S/C45H61NO5/c1-22(2)31-34-32-25(20-26-28-21-41(4,5)51-42(6,7)37(28)39(49)33(26)35(32)38(31)48)27-19-24-14-15-29-43(8,17-12-13-23(3)40(50)46-11)30(47)16-18-44(29,9)45(24,10)36(27)34/h20-21,23-24,29-31,34,37,39,47,49H,1,12-19H2,2-11H3,(H,46,50)/t23?,24?,29-,30-,31+,34?,37?,39+,43-,44-,45+/m0/s1. The van der Waals surface area contributed by atoms with E-state index in [1.54, 1.807) is 7.05 Å². The molecule has 7 aliphatic rings. The highest BCUT2D eigenvalue weighted by Crippen LogP contribution is 2.78. The molecule has 2 fully saturated rings. The fourth-order valence-electron chi connectivity index (χ4n) is 14.0. The number of hydrogen-bond acceptors (Lipinski definition) is 5. The highest BCUT2D eigenvalue weighted by Gasteiger charge is 2.70. The van der Waals surface area contributed by atoms with Gasteiger partial charge in [-0.1, -0.05) is 51.8 Å². The number of amides is 1. The lowest BCUT2D eigenvalue weighted by atomic mass is 9.39. The average molecular weight is 696 g/mol. The zero-order valence-electron chi connectivity index (χ0n) is 32.8. The number of rotatable bonds is 6. The van der Waals surface area contributed by atoms with E-state index < -0.39 is 17.3 Å². The van der Waals surface area contributed by atoms with Crippen molar-refractivity contribution in [2.24, 2.45) is 45.8 Å². The van der Waals surface area contributed by atoms with E-state index in [4.69, 9.17) is 4.74 Å². The Morgan fingerprint density at radius 2 is 1.76 bits per heavy atom. The zero-order valence-corrected chi connectivity index (χ0v) is 32.8. The Hall–Kier alpha value is -2.54. The van der Waals surface area contributed by atoms with Crippen molar-refractivity contribution in [3.8, 4) is 0 Å². The number of aliphatic hydroxyl groups excluding tert-OH is 2. The van der Waals surface area contributed by atoms with Gasteiger partial charge in [0.2, 0.25) is 5.91 Å². The van der Waals surface area contributed by atoms with E-state index in [2.05, 4.69) is 72.5 Å². The largest absolute Gasteiger partial charge is 0.393 e. The Balaban J connectivity index is 1.26. The van der Waals surface area contributed by atoms with Crippen LogP contribution in [0.25, 0.3) is 11.1 Å². The van der Waals surface area contributed by atoms with E-state index in [-0.39, 0.29) is 57.7 Å². The van der Waals surface area contributed by atoms with E-state index in [1.807, 2.05) is 13.8 Å². The maximum Gasteiger partial charge on any atom is 0.222 e. The molecule has 6 nitrogen and oxygen atoms in total. The number of ketones is 1. The molecule has 6 aliphatic carbocycles. The summed E-state index contributed by atoms with van der Waals surface area (Å²) in [7, 11) is 1.71. The summed E-state index contributed by atoms with van der Waals surface area (Å²) in [6.45, 7) is 24.2. The molecule has 1 aliphatic heterocycles. The van der Waals surface area contributed by atoms with Crippen molar-refractivity contribution in [2.75, 3.05) is 7.05 Å². The summed E-state index contributed by atoms with van der Waals surface area (Å²) in [4.78, 5) is 27.3. The number of fused-ring (bicyclic) bond motifs is 10. The smallest absolute Gasteiger partial charge is 0.222 e. The summed E-state index contributed by atoms with van der Waals surface area (Å²) >= 11 is 0.